The van der Waals surface area contributed by atoms with Crippen LogP contribution in [-0.4, -0.2) is 26.3 Å². The number of hydrogen-bond donors (Lipinski definition) is 2. The zero-order valence-electron chi connectivity index (χ0n) is 11.5. The predicted molar refractivity (Wildman–Crippen MR) is 66.9 cm³/mol. The van der Waals surface area contributed by atoms with Crippen LogP contribution in [0.1, 0.15) is 31.0 Å². The molecule has 6 nitrogen and oxygen atoms in total. The van der Waals surface area contributed by atoms with Gasteiger partial charge >= 0.3 is 6.18 Å². The van der Waals surface area contributed by atoms with Gasteiger partial charge in [0.05, 0.1) is 6.20 Å². The molecule has 1 aliphatic carbocycles. The molecule has 0 spiro atoms. The van der Waals surface area contributed by atoms with Crippen LogP contribution in [0.2, 0.25) is 0 Å². The Kier molecular flexibility index (Phi) is 3.53. The van der Waals surface area contributed by atoms with Crippen LogP contribution in [0, 0.1) is 11.9 Å². The second-order valence-electron chi connectivity index (χ2n) is 5.54. The maximum Gasteiger partial charge on any atom is 0.408 e. The molecule has 2 aromatic heterocycles. The Morgan fingerprint density at radius 2 is 2.18 bits per heavy atom. The lowest BCUT2D eigenvalue weighted by atomic mass is 10.1. The van der Waals surface area contributed by atoms with Crippen molar-refractivity contribution in [3.05, 3.63) is 24.0 Å². The molecule has 0 aromatic carbocycles. The lowest BCUT2D eigenvalue weighted by molar-refractivity contribution is -0.768. The average Bonchev–Trinajstić information content (AvgIpc) is 3.03. The standard InChI is InChI=1S/C12H14F4N6/c13-11-8(17)5-21(19-11)9(3-7-1-2-7)10-4-18-20-22(10)6-12(14,15)16/h4-5,7,9H,1-3,6,17H2/p+1. The van der Waals surface area contributed by atoms with Gasteiger partial charge in [-0.3, -0.25) is 0 Å². The van der Waals surface area contributed by atoms with Crippen LogP contribution in [-0.2, 0) is 6.54 Å². The van der Waals surface area contributed by atoms with Crippen LogP contribution < -0.4 is 10.4 Å². The third-order valence-electron chi connectivity index (χ3n) is 3.67. The molecule has 0 amide bonds. The maximum atomic E-state index is 13.4. The van der Waals surface area contributed by atoms with Crippen molar-refractivity contribution in [2.75, 3.05) is 5.73 Å². The van der Waals surface area contributed by atoms with Crippen LogP contribution in [0.3, 0.4) is 0 Å². The number of anilines is 1. The summed E-state index contributed by atoms with van der Waals surface area (Å²) in [5.74, 6) is -0.310. The van der Waals surface area contributed by atoms with Gasteiger partial charge in [0.1, 0.15) is 12.2 Å². The molecule has 0 radical (unpaired) electrons. The van der Waals surface area contributed by atoms with Crippen LogP contribution in [0.4, 0.5) is 23.2 Å². The van der Waals surface area contributed by atoms with E-state index in [4.69, 9.17) is 5.73 Å². The predicted octanol–water partition coefficient (Wildman–Crippen LogP) is 1.57. The van der Waals surface area contributed by atoms with Gasteiger partial charge in [0.2, 0.25) is 12.2 Å². The first kappa shape index (κ1) is 14.8. The second-order valence-corrected chi connectivity index (χ2v) is 5.54. The van der Waals surface area contributed by atoms with Gasteiger partial charge in [-0.1, -0.05) is 5.21 Å². The fourth-order valence-electron chi connectivity index (χ4n) is 2.45. The monoisotopic (exact) mass is 319 g/mol. The van der Waals surface area contributed by atoms with Crippen molar-refractivity contribution in [2.24, 2.45) is 5.92 Å². The Hall–Kier alpha value is -2.13. The van der Waals surface area contributed by atoms with Crippen LogP contribution in [0.25, 0.3) is 0 Å². The number of halogens is 4. The number of hydrogen-bond acceptors (Lipinski definition) is 3. The number of aromatic nitrogens is 5. The fourth-order valence-corrected chi connectivity index (χ4v) is 2.45. The Labute approximate surface area is 122 Å². The topological polar surface area (TPSA) is 76.4 Å². The summed E-state index contributed by atoms with van der Waals surface area (Å²) in [5, 5.41) is 9.50. The molecule has 1 unspecified atom stereocenters. The van der Waals surface area contributed by atoms with Gasteiger partial charge in [-0.15, -0.1) is 14.9 Å². The normalized spacial score (nSPS) is 16.9. The molecular formula is C12H15F4N6+. The number of nitrogens with one attached hydrogen (secondary N) is 1. The van der Waals surface area contributed by atoms with E-state index in [0.29, 0.717) is 12.3 Å². The highest BCUT2D eigenvalue weighted by atomic mass is 19.4. The summed E-state index contributed by atoms with van der Waals surface area (Å²) >= 11 is 0. The number of alkyl halides is 3. The first-order valence-electron chi connectivity index (χ1n) is 6.84. The number of rotatable bonds is 5. The quantitative estimate of drug-likeness (QED) is 0.649. The van der Waals surface area contributed by atoms with Crippen molar-refractivity contribution in [1.82, 2.24) is 20.1 Å². The van der Waals surface area contributed by atoms with Crippen LogP contribution in [0.15, 0.2) is 12.4 Å². The number of aromatic amines is 1. The number of H-pyrrole nitrogens is 1. The molecule has 2 heterocycles. The number of nitrogens with zero attached hydrogens (tertiary/aromatic N) is 4. The number of nitrogen functional groups attached to an aromatic ring is 1. The van der Waals surface area contributed by atoms with E-state index in [1.807, 2.05) is 0 Å². The maximum absolute atomic E-state index is 13.4. The van der Waals surface area contributed by atoms with Crippen molar-refractivity contribution < 1.29 is 22.2 Å². The molecule has 2 aromatic rings. The van der Waals surface area contributed by atoms with Gasteiger partial charge in [-0.25, -0.2) is 4.68 Å². The molecule has 10 heteroatoms. The summed E-state index contributed by atoms with van der Waals surface area (Å²) in [5.41, 5.74) is 5.66. The molecule has 0 saturated heterocycles. The molecule has 0 bridgehead atoms. The van der Waals surface area contributed by atoms with Gasteiger partial charge in [0.15, 0.2) is 5.69 Å². The van der Waals surface area contributed by atoms with E-state index in [1.165, 1.54) is 17.1 Å². The molecular weight excluding hydrogens is 304 g/mol. The van der Waals surface area contributed by atoms with Crippen molar-refractivity contribution in [3.63, 3.8) is 0 Å². The third-order valence-corrected chi connectivity index (χ3v) is 3.67. The first-order valence-corrected chi connectivity index (χ1v) is 6.84. The Morgan fingerprint density at radius 1 is 1.45 bits per heavy atom. The molecule has 1 saturated carbocycles. The minimum Gasteiger partial charge on any atom is -0.390 e. The first-order chi connectivity index (χ1) is 10.3. The average molecular weight is 319 g/mol. The molecule has 22 heavy (non-hydrogen) atoms. The van der Waals surface area contributed by atoms with E-state index in [9.17, 15) is 17.6 Å². The molecule has 120 valence electrons. The summed E-state index contributed by atoms with van der Waals surface area (Å²) in [6, 6.07) is -0.517. The molecule has 3 N–H and O–H groups in total. The van der Waals surface area contributed by atoms with Gasteiger partial charge in [-0.2, -0.15) is 17.6 Å². The highest BCUT2D eigenvalue weighted by Crippen LogP contribution is 2.37. The largest absolute Gasteiger partial charge is 0.408 e. The van der Waals surface area contributed by atoms with E-state index in [0.717, 1.165) is 17.5 Å². The molecule has 1 atom stereocenters. The van der Waals surface area contributed by atoms with Crippen LogP contribution >= 0.6 is 0 Å². The van der Waals surface area contributed by atoms with Crippen molar-refractivity contribution >= 4 is 5.69 Å². The van der Waals surface area contributed by atoms with Crippen molar-refractivity contribution in [3.8, 4) is 0 Å². The van der Waals surface area contributed by atoms with Gasteiger partial charge in [0, 0.05) is 6.42 Å². The minimum atomic E-state index is -4.41. The zero-order chi connectivity index (χ0) is 15.9. The highest BCUT2D eigenvalue weighted by Gasteiger charge is 2.38. The Morgan fingerprint density at radius 3 is 2.73 bits per heavy atom. The van der Waals surface area contributed by atoms with Crippen LogP contribution in [0.5, 0.6) is 0 Å². The summed E-state index contributed by atoms with van der Waals surface area (Å²) in [6.45, 7) is -1.23. The van der Waals surface area contributed by atoms with E-state index in [1.54, 1.807) is 0 Å². The molecule has 1 fully saturated rings. The van der Waals surface area contributed by atoms with E-state index in [2.05, 4.69) is 15.4 Å². The van der Waals surface area contributed by atoms with E-state index < -0.39 is 24.7 Å². The summed E-state index contributed by atoms with van der Waals surface area (Å²) in [6.07, 6.45) is 0.813. The lowest BCUT2D eigenvalue weighted by Gasteiger charge is -2.13. The zero-order valence-corrected chi connectivity index (χ0v) is 11.5. The van der Waals surface area contributed by atoms with Gasteiger partial charge in [0.25, 0.3) is 5.95 Å². The fraction of sp³-hybridized carbons (Fsp3) is 0.583. The second kappa shape index (κ2) is 5.25. The van der Waals surface area contributed by atoms with Crippen molar-refractivity contribution in [2.45, 2.75) is 38.0 Å². The third kappa shape index (κ3) is 3.20. The number of nitrogens with two attached hydrogens (primary N) is 1. The summed E-state index contributed by atoms with van der Waals surface area (Å²) < 4.78 is 53.5. The lowest BCUT2D eigenvalue weighted by Crippen LogP contribution is -2.43. The van der Waals surface area contributed by atoms with E-state index in [-0.39, 0.29) is 11.4 Å². The molecule has 3 rings (SSSR count). The SMILES string of the molecule is Nc1c[n+](C(CC2CC2)c2cnnn2CC(F)(F)F)[nH]c1F. The Balaban J connectivity index is 1.94. The van der Waals surface area contributed by atoms with E-state index >= 15 is 0 Å². The summed E-state index contributed by atoms with van der Waals surface area (Å²) in [7, 11) is 0. The molecule has 0 aliphatic heterocycles. The van der Waals surface area contributed by atoms with Gasteiger partial charge in [-0.05, 0) is 18.8 Å². The van der Waals surface area contributed by atoms with Crippen molar-refractivity contribution in [1.29, 1.82) is 0 Å². The highest BCUT2D eigenvalue weighted by molar-refractivity contribution is 5.29. The van der Waals surface area contributed by atoms with Gasteiger partial charge < -0.3 is 5.73 Å². The minimum absolute atomic E-state index is 0.0874. The Bertz CT molecular complexity index is 637. The molecule has 1 aliphatic rings. The smallest absolute Gasteiger partial charge is 0.390 e. The summed E-state index contributed by atoms with van der Waals surface area (Å²) in [4.78, 5) is 0.